The van der Waals surface area contributed by atoms with Crippen LogP contribution in [0.4, 0.5) is 0 Å². The van der Waals surface area contributed by atoms with Gasteiger partial charge in [-0.15, -0.1) is 0 Å². The van der Waals surface area contributed by atoms with Crippen molar-refractivity contribution in [1.29, 1.82) is 0 Å². The average molecular weight is 539 g/mol. The van der Waals surface area contributed by atoms with Crippen molar-refractivity contribution in [3.63, 3.8) is 0 Å². The third-order valence-corrected chi connectivity index (χ3v) is 5.57. The fraction of sp³-hybridized carbons (Fsp3) is 0.185. The van der Waals surface area contributed by atoms with E-state index in [9.17, 15) is 4.79 Å². The first-order valence-corrected chi connectivity index (χ1v) is 11.5. The number of hydrogen-bond acceptors (Lipinski definition) is 6. The minimum absolute atomic E-state index is 0.375. The van der Waals surface area contributed by atoms with Gasteiger partial charge in [0.15, 0.2) is 23.0 Å². The lowest BCUT2D eigenvalue weighted by molar-refractivity contribution is -0.116. The molecule has 182 valence electrons. The molecule has 0 fully saturated rings. The van der Waals surface area contributed by atoms with Crippen molar-refractivity contribution < 1.29 is 23.7 Å². The largest absolute Gasteiger partial charge is 0.493 e. The number of nitrogens with zero attached hydrogens (tertiary/aromatic N) is 1. The number of benzene rings is 3. The highest BCUT2D eigenvalue weighted by molar-refractivity contribution is 9.10. The molecule has 0 radical (unpaired) electrons. The number of nitrogens with one attached hydrogen (secondary N) is 1. The number of aryl methyl sites for hydroxylation is 1. The van der Waals surface area contributed by atoms with Crippen LogP contribution in [-0.4, -0.2) is 33.5 Å². The van der Waals surface area contributed by atoms with Gasteiger partial charge in [-0.2, -0.15) is 5.10 Å². The van der Waals surface area contributed by atoms with Gasteiger partial charge in [-0.1, -0.05) is 35.9 Å². The maximum absolute atomic E-state index is 12.1. The van der Waals surface area contributed by atoms with E-state index in [-0.39, 0.29) is 5.91 Å². The molecule has 1 amide bonds. The van der Waals surface area contributed by atoms with Crippen LogP contribution in [-0.2, 0) is 11.4 Å². The van der Waals surface area contributed by atoms with Crippen LogP contribution < -0.4 is 24.4 Å². The lowest BCUT2D eigenvalue weighted by atomic mass is 10.2. The van der Waals surface area contributed by atoms with Crippen LogP contribution in [0.2, 0.25) is 0 Å². The molecule has 3 aromatic rings. The van der Waals surface area contributed by atoms with E-state index < -0.39 is 0 Å². The summed E-state index contributed by atoms with van der Waals surface area (Å²) in [6, 6.07) is 17.1. The van der Waals surface area contributed by atoms with Gasteiger partial charge < -0.3 is 18.9 Å². The van der Waals surface area contributed by atoms with Crippen LogP contribution >= 0.6 is 15.9 Å². The standard InChI is InChI=1S/C27H27BrN2O5/c1-18-5-7-20(8-6-18)17-35-27-22(28)13-21(15-25(27)34-4)16-29-30-26(31)12-10-19-9-11-23(32-2)24(14-19)33-3/h5-16H,17H2,1-4H3,(H,30,31)/b12-10+,29-16-. The van der Waals surface area contributed by atoms with E-state index in [0.717, 1.165) is 16.7 Å². The smallest absolute Gasteiger partial charge is 0.264 e. The van der Waals surface area contributed by atoms with E-state index in [1.165, 1.54) is 17.9 Å². The minimum Gasteiger partial charge on any atom is -0.493 e. The summed E-state index contributed by atoms with van der Waals surface area (Å²) in [6.45, 7) is 2.45. The van der Waals surface area contributed by atoms with Crippen molar-refractivity contribution in [2.75, 3.05) is 21.3 Å². The molecule has 0 saturated carbocycles. The molecule has 0 bridgehead atoms. The summed E-state index contributed by atoms with van der Waals surface area (Å²) in [5.74, 6) is 1.96. The SMILES string of the molecule is COc1ccc(/C=C/C(=O)N/N=C\c2cc(Br)c(OCc3ccc(C)cc3)c(OC)c2)cc1OC. The summed E-state index contributed by atoms with van der Waals surface area (Å²) >= 11 is 3.53. The highest BCUT2D eigenvalue weighted by atomic mass is 79.9. The Kier molecular flexibility index (Phi) is 9.31. The lowest BCUT2D eigenvalue weighted by Gasteiger charge is -2.13. The van der Waals surface area contributed by atoms with Crippen LogP contribution in [0.15, 0.2) is 70.2 Å². The van der Waals surface area contributed by atoms with Crippen molar-refractivity contribution in [2.24, 2.45) is 5.10 Å². The topological polar surface area (TPSA) is 78.4 Å². The molecule has 0 aromatic heterocycles. The van der Waals surface area contributed by atoms with Crippen molar-refractivity contribution in [1.82, 2.24) is 5.43 Å². The Bertz CT molecular complexity index is 1220. The average Bonchev–Trinajstić information content (AvgIpc) is 2.87. The fourth-order valence-corrected chi connectivity index (χ4v) is 3.70. The number of carbonyl (C=O) groups excluding carboxylic acids is 1. The summed E-state index contributed by atoms with van der Waals surface area (Å²) < 4.78 is 22.7. The third-order valence-electron chi connectivity index (χ3n) is 4.98. The molecule has 3 aromatic carbocycles. The fourth-order valence-electron chi connectivity index (χ4n) is 3.13. The van der Waals surface area contributed by atoms with Crippen molar-refractivity contribution in [3.8, 4) is 23.0 Å². The second-order valence-corrected chi connectivity index (χ2v) is 8.34. The van der Waals surface area contributed by atoms with Gasteiger partial charge in [-0.05, 0) is 69.9 Å². The molecule has 8 heteroatoms. The van der Waals surface area contributed by atoms with Gasteiger partial charge in [-0.3, -0.25) is 4.79 Å². The van der Waals surface area contributed by atoms with Gasteiger partial charge in [0.05, 0.1) is 32.0 Å². The number of rotatable bonds is 10. The molecule has 3 rings (SSSR count). The highest BCUT2D eigenvalue weighted by Crippen LogP contribution is 2.37. The zero-order chi connectivity index (χ0) is 25.2. The number of hydrazone groups is 1. The molecule has 1 N–H and O–H groups in total. The Morgan fingerprint density at radius 3 is 2.29 bits per heavy atom. The van der Waals surface area contributed by atoms with E-state index in [1.807, 2.05) is 43.3 Å². The Labute approximate surface area is 213 Å². The predicted molar refractivity (Wildman–Crippen MR) is 141 cm³/mol. The number of hydrogen-bond donors (Lipinski definition) is 1. The predicted octanol–water partition coefficient (Wildman–Crippen LogP) is 5.53. The molecule has 0 saturated heterocycles. The molecular weight excluding hydrogens is 512 g/mol. The highest BCUT2D eigenvalue weighted by Gasteiger charge is 2.12. The zero-order valence-electron chi connectivity index (χ0n) is 20.0. The van der Waals surface area contributed by atoms with Crippen molar-refractivity contribution in [2.45, 2.75) is 13.5 Å². The molecule has 0 unspecified atom stereocenters. The van der Waals surface area contributed by atoms with Gasteiger partial charge in [0, 0.05) is 6.08 Å². The number of methoxy groups -OCH3 is 3. The first kappa shape index (κ1) is 25.8. The monoisotopic (exact) mass is 538 g/mol. The molecule has 0 heterocycles. The molecule has 0 aliphatic rings. The Morgan fingerprint density at radius 2 is 1.60 bits per heavy atom. The number of ether oxygens (including phenoxy) is 4. The van der Waals surface area contributed by atoms with Gasteiger partial charge in [0.1, 0.15) is 6.61 Å². The zero-order valence-corrected chi connectivity index (χ0v) is 21.6. The second-order valence-electron chi connectivity index (χ2n) is 7.49. The second kappa shape index (κ2) is 12.6. The minimum atomic E-state index is -0.375. The van der Waals surface area contributed by atoms with E-state index >= 15 is 0 Å². The summed E-state index contributed by atoms with van der Waals surface area (Å²) in [7, 11) is 4.70. The van der Waals surface area contributed by atoms with Gasteiger partial charge in [0.25, 0.3) is 5.91 Å². The van der Waals surface area contributed by atoms with Crippen LogP contribution in [0.25, 0.3) is 6.08 Å². The summed E-state index contributed by atoms with van der Waals surface area (Å²) in [6.07, 6.45) is 4.57. The summed E-state index contributed by atoms with van der Waals surface area (Å²) in [5.41, 5.74) is 6.24. The van der Waals surface area contributed by atoms with Crippen LogP contribution in [0, 0.1) is 6.92 Å². The van der Waals surface area contributed by atoms with Crippen molar-refractivity contribution >= 4 is 34.1 Å². The first-order chi connectivity index (χ1) is 16.9. The van der Waals surface area contributed by atoms with Crippen LogP contribution in [0.1, 0.15) is 22.3 Å². The number of halogens is 1. The molecule has 0 atom stereocenters. The molecule has 0 aliphatic heterocycles. The normalized spacial score (nSPS) is 11.0. The van der Waals surface area contributed by atoms with E-state index in [0.29, 0.717) is 34.1 Å². The summed E-state index contributed by atoms with van der Waals surface area (Å²) in [5, 5.41) is 4.03. The number of amides is 1. The maximum Gasteiger partial charge on any atom is 0.264 e. The third kappa shape index (κ3) is 7.35. The lowest BCUT2D eigenvalue weighted by Crippen LogP contribution is -2.14. The molecule has 7 nitrogen and oxygen atoms in total. The first-order valence-electron chi connectivity index (χ1n) is 10.7. The molecule has 0 spiro atoms. The van der Waals surface area contributed by atoms with Crippen LogP contribution in [0.3, 0.4) is 0 Å². The molecule has 35 heavy (non-hydrogen) atoms. The van der Waals surface area contributed by atoms with Crippen molar-refractivity contribution in [3.05, 3.63) is 87.4 Å². The Morgan fingerprint density at radius 1 is 0.914 bits per heavy atom. The maximum atomic E-state index is 12.1. The van der Waals surface area contributed by atoms with E-state index in [2.05, 4.69) is 26.5 Å². The molecule has 0 aliphatic carbocycles. The van der Waals surface area contributed by atoms with E-state index in [1.54, 1.807) is 45.6 Å². The van der Waals surface area contributed by atoms with Gasteiger partial charge >= 0.3 is 0 Å². The molecular formula is C27H27BrN2O5. The Balaban J connectivity index is 1.62. The van der Waals surface area contributed by atoms with Gasteiger partial charge in [-0.25, -0.2) is 5.43 Å². The Hall–Kier alpha value is -3.78. The van der Waals surface area contributed by atoms with Crippen LogP contribution in [0.5, 0.6) is 23.0 Å². The van der Waals surface area contributed by atoms with Gasteiger partial charge in [0.2, 0.25) is 0 Å². The number of carbonyl (C=O) groups is 1. The quantitative estimate of drug-likeness (QED) is 0.208. The summed E-state index contributed by atoms with van der Waals surface area (Å²) in [4.78, 5) is 12.1. The van der Waals surface area contributed by atoms with E-state index in [4.69, 9.17) is 18.9 Å².